The van der Waals surface area contributed by atoms with Gasteiger partial charge >= 0.3 is 0 Å². The Labute approximate surface area is 172 Å². The van der Waals surface area contributed by atoms with E-state index in [9.17, 15) is 20.4 Å². The molecule has 0 amide bonds. The summed E-state index contributed by atoms with van der Waals surface area (Å²) in [6.07, 6.45) is -4.66. The van der Waals surface area contributed by atoms with E-state index in [4.69, 9.17) is 9.47 Å². The summed E-state index contributed by atoms with van der Waals surface area (Å²) in [5.41, 5.74) is 3.25. The SMILES string of the molecule is COc1ccc(-c2cc(C#C[C@H]3O[C@H](CO)[C@@H](O)[C@H](O)[C@@H]3O)c3[nH]ncc3c2)cc1. The third-order valence-corrected chi connectivity index (χ3v) is 5.21. The number of aliphatic hydroxyl groups excluding tert-OH is 4. The number of fused-ring (bicyclic) bond motifs is 1. The topological polar surface area (TPSA) is 128 Å². The fourth-order valence-corrected chi connectivity index (χ4v) is 3.48. The number of H-pyrrole nitrogens is 1. The molecule has 8 heteroatoms. The molecule has 1 aromatic heterocycles. The molecule has 2 aromatic carbocycles. The fourth-order valence-electron chi connectivity index (χ4n) is 3.48. The Morgan fingerprint density at radius 2 is 1.83 bits per heavy atom. The Kier molecular flexibility index (Phi) is 5.72. The van der Waals surface area contributed by atoms with Gasteiger partial charge in [-0.15, -0.1) is 0 Å². The highest BCUT2D eigenvalue weighted by Gasteiger charge is 2.42. The first kappa shape index (κ1) is 20.3. The van der Waals surface area contributed by atoms with Crippen LogP contribution in [0, 0.1) is 11.8 Å². The van der Waals surface area contributed by atoms with Gasteiger partial charge in [-0.2, -0.15) is 5.10 Å². The van der Waals surface area contributed by atoms with Crippen molar-refractivity contribution in [2.75, 3.05) is 13.7 Å². The van der Waals surface area contributed by atoms with Crippen molar-refractivity contribution in [3.63, 3.8) is 0 Å². The van der Waals surface area contributed by atoms with Gasteiger partial charge in [0, 0.05) is 5.39 Å². The Morgan fingerprint density at radius 1 is 1.07 bits per heavy atom. The molecule has 1 fully saturated rings. The standard InChI is InChI=1S/C22H22N2O6/c1-29-16-5-2-12(3-6-16)14-8-13(19-15(9-14)10-23-24-19)4-7-17-20(26)22(28)21(27)18(11-25)30-17/h2-3,5-6,8-10,17-18,20-22,25-28H,11H2,1H3,(H,23,24)/t17-,18-,20-,21-,22-/m1/s1. The summed E-state index contributed by atoms with van der Waals surface area (Å²) in [4.78, 5) is 0. The molecule has 5 N–H and O–H groups in total. The van der Waals surface area contributed by atoms with Crippen molar-refractivity contribution in [3.05, 3.63) is 48.2 Å². The second-order valence-electron chi connectivity index (χ2n) is 7.11. The summed E-state index contributed by atoms with van der Waals surface area (Å²) in [6.45, 7) is -0.499. The van der Waals surface area contributed by atoms with Gasteiger partial charge in [0.2, 0.25) is 0 Å². The number of nitrogens with one attached hydrogen (secondary N) is 1. The number of hydrogen-bond donors (Lipinski definition) is 5. The Morgan fingerprint density at radius 3 is 2.53 bits per heavy atom. The lowest BCUT2D eigenvalue weighted by molar-refractivity contribution is -0.214. The largest absolute Gasteiger partial charge is 0.497 e. The summed E-state index contributed by atoms with van der Waals surface area (Å²) in [6, 6.07) is 11.5. The lowest BCUT2D eigenvalue weighted by Gasteiger charge is -2.37. The minimum Gasteiger partial charge on any atom is -0.497 e. The minimum atomic E-state index is -1.46. The number of rotatable bonds is 3. The fraction of sp³-hybridized carbons (Fsp3) is 0.318. The van der Waals surface area contributed by atoms with Crippen molar-refractivity contribution in [1.29, 1.82) is 0 Å². The highest BCUT2D eigenvalue weighted by atomic mass is 16.5. The number of nitrogens with zero attached hydrogens (tertiary/aromatic N) is 1. The van der Waals surface area contributed by atoms with Crippen LogP contribution in [0.5, 0.6) is 5.75 Å². The van der Waals surface area contributed by atoms with Crippen LogP contribution in [0.15, 0.2) is 42.6 Å². The Balaban J connectivity index is 1.70. The summed E-state index contributed by atoms with van der Waals surface area (Å²) >= 11 is 0. The molecule has 4 rings (SSSR count). The van der Waals surface area contributed by atoms with Crippen molar-refractivity contribution in [2.45, 2.75) is 30.5 Å². The molecule has 0 bridgehead atoms. The van der Waals surface area contributed by atoms with E-state index in [0.29, 0.717) is 5.56 Å². The van der Waals surface area contributed by atoms with Gasteiger partial charge in [-0.05, 0) is 35.4 Å². The molecule has 156 valence electrons. The predicted molar refractivity (Wildman–Crippen MR) is 109 cm³/mol. The first-order valence-corrected chi connectivity index (χ1v) is 9.45. The second-order valence-corrected chi connectivity index (χ2v) is 7.11. The van der Waals surface area contributed by atoms with Crippen LogP contribution in [-0.2, 0) is 4.74 Å². The number of benzene rings is 2. The molecule has 0 radical (unpaired) electrons. The second kappa shape index (κ2) is 8.44. The van der Waals surface area contributed by atoms with Gasteiger partial charge in [0.25, 0.3) is 0 Å². The molecule has 1 aliphatic heterocycles. The first-order valence-electron chi connectivity index (χ1n) is 9.45. The van der Waals surface area contributed by atoms with Crippen LogP contribution in [-0.4, -0.2) is 74.9 Å². The van der Waals surface area contributed by atoms with Gasteiger partial charge in [0.1, 0.15) is 36.3 Å². The van der Waals surface area contributed by atoms with E-state index in [1.165, 1.54) is 0 Å². The van der Waals surface area contributed by atoms with Crippen molar-refractivity contribution < 1.29 is 29.9 Å². The predicted octanol–water partition coefficient (Wildman–Crippen LogP) is 0.432. The number of aromatic nitrogens is 2. The number of aromatic amines is 1. The lowest BCUT2D eigenvalue weighted by atomic mass is 9.95. The zero-order valence-electron chi connectivity index (χ0n) is 16.2. The van der Waals surface area contributed by atoms with Gasteiger partial charge in [-0.3, -0.25) is 5.10 Å². The molecule has 8 nitrogen and oxygen atoms in total. The van der Waals surface area contributed by atoms with Crippen LogP contribution < -0.4 is 4.74 Å². The molecule has 0 saturated carbocycles. The maximum Gasteiger partial charge on any atom is 0.147 e. The number of hydrogen-bond acceptors (Lipinski definition) is 7. The van der Waals surface area contributed by atoms with E-state index in [2.05, 4.69) is 22.0 Å². The van der Waals surface area contributed by atoms with Crippen LogP contribution >= 0.6 is 0 Å². The zero-order chi connectivity index (χ0) is 21.3. The molecule has 0 aliphatic carbocycles. The van der Waals surface area contributed by atoms with Crippen molar-refractivity contribution in [1.82, 2.24) is 10.2 Å². The molecule has 1 saturated heterocycles. The number of ether oxygens (including phenoxy) is 2. The molecular formula is C22H22N2O6. The molecule has 30 heavy (non-hydrogen) atoms. The molecular weight excluding hydrogens is 388 g/mol. The molecule has 1 aliphatic rings. The normalized spacial score (nSPS) is 26.2. The minimum absolute atomic E-state index is 0.499. The molecule has 3 aromatic rings. The highest BCUT2D eigenvalue weighted by Crippen LogP contribution is 2.28. The van der Waals surface area contributed by atoms with Crippen LogP contribution in [0.4, 0.5) is 0 Å². The molecule has 0 unspecified atom stereocenters. The Bertz CT molecular complexity index is 1080. The quantitative estimate of drug-likeness (QED) is 0.396. The summed E-state index contributed by atoms with van der Waals surface area (Å²) in [7, 11) is 1.61. The van der Waals surface area contributed by atoms with Crippen LogP contribution in [0.1, 0.15) is 5.56 Å². The average Bonchev–Trinajstić information content (AvgIpc) is 3.26. The van der Waals surface area contributed by atoms with Crippen molar-refractivity contribution >= 4 is 10.9 Å². The average molecular weight is 410 g/mol. The van der Waals surface area contributed by atoms with Crippen LogP contribution in [0.2, 0.25) is 0 Å². The first-order chi connectivity index (χ1) is 14.5. The van der Waals surface area contributed by atoms with Crippen LogP contribution in [0.25, 0.3) is 22.0 Å². The zero-order valence-corrected chi connectivity index (χ0v) is 16.2. The monoisotopic (exact) mass is 410 g/mol. The van der Waals surface area contributed by atoms with E-state index in [-0.39, 0.29) is 0 Å². The van der Waals surface area contributed by atoms with E-state index in [1.807, 2.05) is 36.4 Å². The molecule has 5 atom stereocenters. The molecule has 2 heterocycles. The summed E-state index contributed by atoms with van der Waals surface area (Å²) in [5, 5.41) is 47.3. The van der Waals surface area contributed by atoms with E-state index in [1.54, 1.807) is 13.3 Å². The third-order valence-electron chi connectivity index (χ3n) is 5.21. The highest BCUT2D eigenvalue weighted by molar-refractivity contribution is 5.89. The van der Waals surface area contributed by atoms with Gasteiger partial charge < -0.3 is 29.9 Å². The van der Waals surface area contributed by atoms with E-state index < -0.39 is 37.1 Å². The van der Waals surface area contributed by atoms with Crippen LogP contribution in [0.3, 0.4) is 0 Å². The maximum absolute atomic E-state index is 10.2. The number of methoxy groups -OCH3 is 1. The third kappa shape index (κ3) is 3.77. The molecule has 0 spiro atoms. The van der Waals surface area contributed by atoms with Gasteiger partial charge in [0.15, 0.2) is 0 Å². The summed E-state index contributed by atoms with van der Waals surface area (Å²) < 4.78 is 10.7. The maximum atomic E-state index is 10.2. The Hall–Kier alpha value is -2.93. The van der Waals surface area contributed by atoms with E-state index in [0.717, 1.165) is 27.8 Å². The lowest BCUT2D eigenvalue weighted by Crippen LogP contribution is -2.58. The van der Waals surface area contributed by atoms with E-state index >= 15 is 0 Å². The van der Waals surface area contributed by atoms with Crippen molar-refractivity contribution in [2.24, 2.45) is 0 Å². The summed E-state index contributed by atoms with van der Waals surface area (Å²) in [5.74, 6) is 6.55. The number of aliphatic hydroxyl groups is 4. The van der Waals surface area contributed by atoms with Gasteiger partial charge in [0.05, 0.1) is 31.0 Å². The van der Waals surface area contributed by atoms with Crippen molar-refractivity contribution in [3.8, 4) is 28.7 Å². The van der Waals surface area contributed by atoms with Gasteiger partial charge in [-0.25, -0.2) is 0 Å². The smallest absolute Gasteiger partial charge is 0.147 e. The van der Waals surface area contributed by atoms with Gasteiger partial charge in [-0.1, -0.05) is 24.0 Å².